The lowest BCUT2D eigenvalue weighted by Gasteiger charge is -2.31. The van der Waals surface area contributed by atoms with E-state index in [0.717, 1.165) is 12.8 Å². The molecule has 0 radical (unpaired) electrons. The smallest absolute Gasteiger partial charge is 0.261 e. The van der Waals surface area contributed by atoms with Crippen molar-refractivity contribution in [1.82, 2.24) is 9.88 Å². The van der Waals surface area contributed by atoms with Gasteiger partial charge in [0.25, 0.3) is 15.9 Å². The van der Waals surface area contributed by atoms with Crippen molar-refractivity contribution in [2.75, 3.05) is 24.9 Å². The van der Waals surface area contributed by atoms with Crippen molar-refractivity contribution >= 4 is 21.6 Å². The van der Waals surface area contributed by atoms with Gasteiger partial charge in [-0.25, -0.2) is 8.42 Å². The minimum atomic E-state index is -3.71. The molecule has 2 heterocycles. The third kappa shape index (κ3) is 4.20. The Labute approximate surface area is 153 Å². The van der Waals surface area contributed by atoms with E-state index in [2.05, 4.69) is 9.71 Å². The first kappa shape index (κ1) is 18.3. The van der Waals surface area contributed by atoms with Crippen LogP contribution in [0.3, 0.4) is 0 Å². The summed E-state index contributed by atoms with van der Waals surface area (Å²) in [4.78, 5) is 18.3. The quantitative estimate of drug-likeness (QED) is 0.865. The van der Waals surface area contributed by atoms with Crippen LogP contribution in [0.2, 0.25) is 0 Å². The summed E-state index contributed by atoms with van der Waals surface area (Å²) in [6.07, 6.45) is 4.83. The number of piperidine rings is 1. The highest BCUT2D eigenvalue weighted by Gasteiger charge is 2.24. The summed E-state index contributed by atoms with van der Waals surface area (Å²) in [5.74, 6) is -0.0920. The average Bonchev–Trinajstić information content (AvgIpc) is 2.68. The predicted molar refractivity (Wildman–Crippen MR) is 97.4 cm³/mol. The normalized spacial score (nSPS) is 15.7. The molecule has 0 unspecified atom stereocenters. The Morgan fingerprint density at radius 3 is 2.31 bits per heavy atom. The second-order valence-electron chi connectivity index (χ2n) is 6.09. The van der Waals surface area contributed by atoms with Gasteiger partial charge in [0.05, 0.1) is 16.7 Å². The number of aromatic nitrogens is 1. The zero-order chi connectivity index (χ0) is 18.6. The first-order valence-electron chi connectivity index (χ1n) is 8.34. The first-order chi connectivity index (χ1) is 12.5. The maximum absolute atomic E-state index is 12.6. The average molecular weight is 375 g/mol. The number of carbonyl (C=O) groups is 1. The van der Waals surface area contributed by atoms with Crippen LogP contribution in [0.25, 0.3) is 0 Å². The Balaban J connectivity index is 1.69. The molecule has 138 valence electrons. The highest BCUT2D eigenvalue weighted by atomic mass is 32.2. The number of hydrogen-bond donors (Lipinski definition) is 1. The Morgan fingerprint density at radius 2 is 1.73 bits per heavy atom. The van der Waals surface area contributed by atoms with E-state index in [1.807, 2.05) is 0 Å². The fraction of sp³-hybridized carbons (Fsp3) is 0.333. The number of methoxy groups -OCH3 is 1. The summed E-state index contributed by atoms with van der Waals surface area (Å²) >= 11 is 0. The number of hydrogen-bond acceptors (Lipinski definition) is 5. The number of likely N-dealkylation sites (tertiary alicyclic amines) is 1. The van der Waals surface area contributed by atoms with Gasteiger partial charge in [-0.05, 0) is 49.2 Å². The Hall–Kier alpha value is -2.45. The van der Waals surface area contributed by atoms with Crippen molar-refractivity contribution in [3.63, 3.8) is 0 Å². The largest absolute Gasteiger partial charge is 0.381 e. The zero-order valence-corrected chi connectivity index (χ0v) is 15.3. The van der Waals surface area contributed by atoms with Crippen molar-refractivity contribution in [2.24, 2.45) is 0 Å². The molecule has 2 aromatic rings. The molecule has 1 aromatic heterocycles. The van der Waals surface area contributed by atoms with E-state index in [-0.39, 0.29) is 16.9 Å². The lowest BCUT2D eigenvalue weighted by molar-refractivity contribution is 0.0350. The third-order valence-electron chi connectivity index (χ3n) is 4.41. The van der Waals surface area contributed by atoms with Crippen molar-refractivity contribution in [1.29, 1.82) is 0 Å². The van der Waals surface area contributed by atoms with Gasteiger partial charge in [0.15, 0.2) is 0 Å². The van der Waals surface area contributed by atoms with Gasteiger partial charge < -0.3 is 9.64 Å². The van der Waals surface area contributed by atoms with E-state index in [1.54, 1.807) is 36.3 Å². The predicted octanol–water partition coefficient (Wildman–Crippen LogP) is 2.13. The van der Waals surface area contributed by atoms with Crippen LogP contribution >= 0.6 is 0 Å². The van der Waals surface area contributed by atoms with Gasteiger partial charge >= 0.3 is 0 Å². The molecule has 8 heteroatoms. The standard InChI is InChI=1S/C18H21N3O4S/c1-25-16-8-12-21(13-9-16)18(22)14-2-4-17(5-3-14)26(23,24)20-15-6-10-19-11-7-15/h2-7,10-11,16H,8-9,12-13H2,1H3,(H,19,20). The summed E-state index contributed by atoms with van der Waals surface area (Å²) in [6, 6.07) is 9.12. The second kappa shape index (κ2) is 7.84. The van der Waals surface area contributed by atoms with Gasteiger partial charge in [0.2, 0.25) is 0 Å². The number of benzene rings is 1. The van der Waals surface area contributed by atoms with Crippen molar-refractivity contribution in [3.05, 3.63) is 54.4 Å². The molecule has 1 amide bonds. The molecule has 3 rings (SSSR count). The molecule has 0 spiro atoms. The highest BCUT2D eigenvalue weighted by molar-refractivity contribution is 7.92. The van der Waals surface area contributed by atoms with Crippen molar-refractivity contribution in [2.45, 2.75) is 23.8 Å². The lowest BCUT2D eigenvalue weighted by atomic mass is 10.1. The molecular formula is C18H21N3O4S. The van der Waals surface area contributed by atoms with E-state index in [4.69, 9.17) is 4.74 Å². The summed E-state index contributed by atoms with van der Waals surface area (Å²) in [5, 5.41) is 0. The van der Waals surface area contributed by atoms with E-state index in [1.165, 1.54) is 24.5 Å². The fourth-order valence-electron chi connectivity index (χ4n) is 2.89. The molecule has 1 aliphatic heterocycles. The number of sulfonamides is 1. The molecule has 0 atom stereocenters. The number of pyridine rings is 1. The second-order valence-corrected chi connectivity index (χ2v) is 7.78. The summed E-state index contributed by atoms with van der Waals surface area (Å²) < 4.78 is 32.6. The molecule has 1 aromatic carbocycles. The van der Waals surface area contributed by atoms with Crippen LogP contribution in [0.15, 0.2) is 53.7 Å². The molecule has 26 heavy (non-hydrogen) atoms. The lowest BCUT2D eigenvalue weighted by Crippen LogP contribution is -2.40. The van der Waals surface area contributed by atoms with Gasteiger partial charge in [-0.1, -0.05) is 0 Å². The summed E-state index contributed by atoms with van der Waals surface area (Å²) in [5.41, 5.74) is 0.907. The monoisotopic (exact) mass is 375 g/mol. The fourth-order valence-corrected chi connectivity index (χ4v) is 3.95. The number of ether oxygens (including phenoxy) is 1. The molecule has 0 bridgehead atoms. The van der Waals surface area contributed by atoms with E-state index >= 15 is 0 Å². The van der Waals surface area contributed by atoms with Gasteiger partial charge in [0.1, 0.15) is 0 Å². The maximum atomic E-state index is 12.6. The molecule has 1 aliphatic rings. The SMILES string of the molecule is COC1CCN(C(=O)c2ccc(S(=O)(=O)Nc3ccncc3)cc2)CC1. The van der Waals surface area contributed by atoms with Crippen LogP contribution in [0.1, 0.15) is 23.2 Å². The van der Waals surface area contributed by atoms with Crippen LogP contribution in [0, 0.1) is 0 Å². The molecule has 1 saturated heterocycles. The van der Waals surface area contributed by atoms with E-state index in [0.29, 0.717) is 24.3 Å². The Morgan fingerprint density at radius 1 is 1.12 bits per heavy atom. The molecule has 1 fully saturated rings. The Kier molecular flexibility index (Phi) is 5.53. The highest BCUT2D eigenvalue weighted by Crippen LogP contribution is 2.19. The molecule has 7 nitrogen and oxygen atoms in total. The van der Waals surface area contributed by atoms with Gasteiger partial charge in [-0.15, -0.1) is 0 Å². The van der Waals surface area contributed by atoms with Crippen LogP contribution in [0.5, 0.6) is 0 Å². The number of rotatable bonds is 5. The van der Waals surface area contributed by atoms with Crippen LogP contribution < -0.4 is 4.72 Å². The van der Waals surface area contributed by atoms with Crippen LogP contribution in [0.4, 0.5) is 5.69 Å². The first-order valence-corrected chi connectivity index (χ1v) is 9.83. The topological polar surface area (TPSA) is 88.6 Å². The van der Waals surface area contributed by atoms with Crippen molar-refractivity contribution in [3.8, 4) is 0 Å². The van der Waals surface area contributed by atoms with Gasteiger partial charge in [0, 0.05) is 38.2 Å². The third-order valence-corrected chi connectivity index (χ3v) is 5.80. The number of amides is 1. The van der Waals surface area contributed by atoms with Crippen LogP contribution in [-0.2, 0) is 14.8 Å². The Bertz CT molecular complexity index is 846. The maximum Gasteiger partial charge on any atom is 0.261 e. The minimum absolute atomic E-state index is 0.0920. The summed E-state index contributed by atoms with van der Waals surface area (Å²) in [6.45, 7) is 1.28. The van der Waals surface area contributed by atoms with Crippen LogP contribution in [-0.4, -0.2) is 50.5 Å². The number of carbonyl (C=O) groups excluding carboxylic acids is 1. The number of anilines is 1. The van der Waals surface area contributed by atoms with Crippen molar-refractivity contribution < 1.29 is 17.9 Å². The van der Waals surface area contributed by atoms with E-state index in [9.17, 15) is 13.2 Å². The van der Waals surface area contributed by atoms with Gasteiger partial charge in [-0.3, -0.25) is 14.5 Å². The molecule has 1 N–H and O–H groups in total. The molecule has 0 aliphatic carbocycles. The molecule has 0 saturated carbocycles. The van der Waals surface area contributed by atoms with Gasteiger partial charge in [-0.2, -0.15) is 0 Å². The van der Waals surface area contributed by atoms with E-state index < -0.39 is 10.0 Å². The number of nitrogens with zero attached hydrogens (tertiary/aromatic N) is 2. The molecular weight excluding hydrogens is 354 g/mol. The zero-order valence-electron chi connectivity index (χ0n) is 14.5. The minimum Gasteiger partial charge on any atom is -0.381 e. The summed E-state index contributed by atoms with van der Waals surface area (Å²) in [7, 11) is -2.03. The number of nitrogens with one attached hydrogen (secondary N) is 1.